The summed E-state index contributed by atoms with van der Waals surface area (Å²) in [5.41, 5.74) is 2.63. The first-order valence-electron chi connectivity index (χ1n) is 8.34. The summed E-state index contributed by atoms with van der Waals surface area (Å²) in [7, 11) is 0. The van der Waals surface area contributed by atoms with Crippen molar-refractivity contribution in [3.63, 3.8) is 0 Å². The predicted octanol–water partition coefficient (Wildman–Crippen LogP) is 2.79. The topological polar surface area (TPSA) is 41.1 Å². The Morgan fingerprint density at radius 3 is 2.67 bits per heavy atom. The van der Waals surface area contributed by atoms with Crippen LogP contribution in [-0.2, 0) is 17.8 Å². The van der Waals surface area contributed by atoms with Gasteiger partial charge in [0.25, 0.3) is 0 Å². The van der Waals surface area contributed by atoms with E-state index < -0.39 is 0 Å². The summed E-state index contributed by atoms with van der Waals surface area (Å²) >= 11 is 0. The quantitative estimate of drug-likeness (QED) is 0.897. The molecule has 1 aromatic carbocycles. The van der Waals surface area contributed by atoms with Gasteiger partial charge in [-0.1, -0.05) is 43.5 Å². The monoisotopic (exact) mass is 286 g/mol. The molecule has 1 amide bonds. The van der Waals surface area contributed by atoms with Crippen molar-refractivity contribution in [1.82, 2.24) is 10.6 Å². The average molecular weight is 286 g/mol. The van der Waals surface area contributed by atoms with E-state index in [9.17, 15) is 4.79 Å². The van der Waals surface area contributed by atoms with E-state index in [4.69, 9.17) is 0 Å². The Labute approximate surface area is 127 Å². The molecule has 114 valence electrons. The van der Waals surface area contributed by atoms with Gasteiger partial charge in [0.2, 0.25) is 5.91 Å². The number of hydrogen-bond donors (Lipinski definition) is 2. The maximum Gasteiger partial charge on any atom is 0.237 e. The Morgan fingerprint density at radius 2 is 1.90 bits per heavy atom. The number of nitrogens with one attached hydrogen (secondary N) is 2. The fraction of sp³-hybridized carbons (Fsp3) is 0.611. The van der Waals surface area contributed by atoms with Gasteiger partial charge in [0.15, 0.2) is 0 Å². The number of benzene rings is 1. The zero-order valence-electron chi connectivity index (χ0n) is 12.9. The molecule has 1 saturated carbocycles. The van der Waals surface area contributed by atoms with Crippen molar-refractivity contribution in [2.24, 2.45) is 5.92 Å². The van der Waals surface area contributed by atoms with Gasteiger partial charge in [0.05, 0.1) is 6.04 Å². The first-order valence-corrected chi connectivity index (χ1v) is 8.34. The third-order valence-corrected chi connectivity index (χ3v) is 5.12. The third kappa shape index (κ3) is 3.46. The van der Waals surface area contributed by atoms with Crippen molar-refractivity contribution in [2.45, 2.75) is 64.1 Å². The molecule has 1 aliphatic carbocycles. The molecule has 3 heteroatoms. The molecule has 0 spiro atoms. The normalized spacial score (nSPS) is 24.1. The summed E-state index contributed by atoms with van der Waals surface area (Å²) in [5.74, 6) is 0.834. The van der Waals surface area contributed by atoms with E-state index in [0.717, 1.165) is 13.0 Å². The fourth-order valence-corrected chi connectivity index (χ4v) is 3.72. The Morgan fingerprint density at radius 1 is 1.19 bits per heavy atom. The number of rotatable bonds is 3. The van der Waals surface area contributed by atoms with Crippen LogP contribution in [0, 0.1) is 5.92 Å². The van der Waals surface area contributed by atoms with Gasteiger partial charge in [-0.05, 0) is 43.2 Å². The van der Waals surface area contributed by atoms with Gasteiger partial charge in [-0.3, -0.25) is 4.79 Å². The third-order valence-electron chi connectivity index (χ3n) is 5.12. The lowest BCUT2D eigenvalue weighted by atomic mass is 9.84. The zero-order chi connectivity index (χ0) is 14.7. The minimum atomic E-state index is -0.0778. The molecule has 2 atom stereocenters. The minimum absolute atomic E-state index is 0.0778. The standard InChI is InChI=1S/C18H26N2O/c1-13(14-7-3-2-4-8-14)20-18(21)17-11-15-9-5-6-10-16(15)12-19-17/h5-6,9-10,13-14,17,19H,2-4,7-8,11-12H2,1H3,(H,20,21)/t13?,17-/m0/s1. The van der Waals surface area contributed by atoms with Crippen LogP contribution in [-0.4, -0.2) is 18.0 Å². The van der Waals surface area contributed by atoms with Crippen molar-refractivity contribution in [1.29, 1.82) is 0 Å². The van der Waals surface area contributed by atoms with Crippen LogP contribution in [0.1, 0.15) is 50.2 Å². The number of carbonyl (C=O) groups is 1. The molecule has 1 fully saturated rings. The molecule has 0 saturated heterocycles. The maximum absolute atomic E-state index is 12.5. The molecule has 1 aromatic rings. The highest BCUT2D eigenvalue weighted by atomic mass is 16.2. The fourth-order valence-electron chi connectivity index (χ4n) is 3.72. The second-order valence-electron chi connectivity index (χ2n) is 6.60. The Kier molecular flexibility index (Phi) is 4.59. The number of amides is 1. The van der Waals surface area contributed by atoms with Crippen LogP contribution >= 0.6 is 0 Å². The van der Waals surface area contributed by atoms with Gasteiger partial charge in [0.1, 0.15) is 0 Å². The molecule has 0 radical (unpaired) electrons. The van der Waals surface area contributed by atoms with E-state index in [0.29, 0.717) is 12.0 Å². The lowest BCUT2D eigenvalue weighted by Crippen LogP contribution is -2.51. The Balaban J connectivity index is 1.56. The summed E-state index contributed by atoms with van der Waals surface area (Å²) in [5, 5.41) is 6.62. The number of fused-ring (bicyclic) bond motifs is 1. The summed E-state index contributed by atoms with van der Waals surface area (Å²) < 4.78 is 0. The van der Waals surface area contributed by atoms with Crippen LogP contribution in [0.2, 0.25) is 0 Å². The van der Waals surface area contributed by atoms with Crippen LogP contribution in [0.4, 0.5) is 0 Å². The molecular formula is C18H26N2O. The minimum Gasteiger partial charge on any atom is -0.352 e. The first kappa shape index (κ1) is 14.6. The largest absolute Gasteiger partial charge is 0.352 e. The van der Waals surface area contributed by atoms with Crippen molar-refractivity contribution in [3.05, 3.63) is 35.4 Å². The molecule has 1 heterocycles. The summed E-state index contributed by atoms with van der Waals surface area (Å²) in [6, 6.07) is 8.63. The first-order chi connectivity index (χ1) is 10.2. The molecule has 1 unspecified atom stereocenters. The highest BCUT2D eigenvalue weighted by molar-refractivity contribution is 5.82. The van der Waals surface area contributed by atoms with E-state index in [-0.39, 0.29) is 11.9 Å². The van der Waals surface area contributed by atoms with Gasteiger partial charge < -0.3 is 10.6 Å². The SMILES string of the molecule is CC(NC(=O)[C@@H]1Cc2ccccc2CN1)C1CCCCC1. The van der Waals surface area contributed by atoms with Crippen molar-refractivity contribution < 1.29 is 4.79 Å². The Hall–Kier alpha value is -1.35. The van der Waals surface area contributed by atoms with Crippen LogP contribution in [0.3, 0.4) is 0 Å². The van der Waals surface area contributed by atoms with Gasteiger partial charge >= 0.3 is 0 Å². The zero-order valence-corrected chi connectivity index (χ0v) is 12.9. The van der Waals surface area contributed by atoms with Crippen LogP contribution < -0.4 is 10.6 Å². The average Bonchev–Trinajstić information content (AvgIpc) is 2.55. The second kappa shape index (κ2) is 6.61. The molecule has 21 heavy (non-hydrogen) atoms. The molecule has 0 aromatic heterocycles. The van der Waals surface area contributed by atoms with Gasteiger partial charge in [0, 0.05) is 12.6 Å². The molecule has 1 aliphatic heterocycles. The van der Waals surface area contributed by atoms with Gasteiger partial charge in [-0.25, -0.2) is 0 Å². The Bertz CT molecular complexity index is 494. The van der Waals surface area contributed by atoms with Gasteiger partial charge in [-0.15, -0.1) is 0 Å². The second-order valence-corrected chi connectivity index (χ2v) is 6.60. The van der Waals surface area contributed by atoms with E-state index in [1.54, 1.807) is 0 Å². The van der Waals surface area contributed by atoms with E-state index in [2.05, 4.69) is 41.8 Å². The van der Waals surface area contributed by atoms with Crippen molar-refractivity contribution in [2.75, 3.05) is 0 Å². The lowest BCUT2D eigenvalue weighted by Gasteiger charge is -2.31. The lowest BCUT2D eigenvalue weighted by molar-refractivity contribution is -0.124. The maximum atomic E-state index is 12.5. The summed E-state index contributed by atoms with van der Waals surface area (Å²) in [6.45, 7) is 2.97. The smallest absolute Gasteiger partial charge is 0.237 e. The highest BCUT2D eigenvalue weighted by Gasteiger charge is 2.27. The molecule has 2 aliphatic rings. The molecule has 3 nitrogen and oxygen atoms in total. The molecule has 3 rings (SSSR count). The molecule has 0 bridgehead atoms. The van der Waals surface area contributed by atoms with Gasteiger partial charge in [-0.2, -0.15) is 0 Å². The van der Waals surface area contributed by atoms with E-state index in [1.165, 1.54) is 43.2 Å². The van der Waals surface area contributed by atoms with Crippen LogP contribution in [0.5, 0.6) is 0 Å². The highest BCUT2D eigenvalue weighted by Crippen LogP contribution is 2.26. The molecular weight excluding hydrogens is 260 g/mol. The summed E-state index contributed by atoms with van der Waals surface area (Å²) in [4.78, 5) is 12.5. The summed E-state index contributed by atoms with van der Waals surface area (Å²) in [6.07, 6.45) is 7.34. The molecule has 2 N–H and O–H groups in total. The van der Waals surface area contributed by atoms with Crippen molar-refractivity contribution in [3.8, 4) is 0 Å². The predicted molar refractivity (Wildman–Crippen MR) is 85.0 cm³/mol. The van der Waals surface area contributed by atoms with Crippen LogP contribution in [0.15, 0.2) is 24.3 Å². The number of hydrogen-bond acceptors (Lipinski definition) is 2. The van der Waals surface area contributed by atoms with E-state index in [1.807, 2.05) is 0 Å². The van der Waals surface area contributed by atoms with Crippen molar-refractivity contribution >= 4 is 5.91 Å². The van der Waals surface area contributed by atoms with E-state index >= 15 is 0 Å². The number of carbonyl (C=O) groups excluding carboxylic acids is 1. The van der Waals surface area contributed by atoms with Crippen LogP contribution in [0.25, 0.3) is 0 Å².